The highest BCUT2D eigenvalue weighted by Crippen LogP contribution is 2.23. The zero-order chi connectivity index (χ0) is 9.26. The molecule has 0 saturated heterocycles. The molecule has 3 nitrogen and oxygen atoms in total. The molecule has 0 aliphatic rings. The summed E-state index contributed by atoms with van der Waals surface area (Å²) in [5.74, 6) is 0. The molecule has 0 aliphatic heterocycles. The van der Waals surface area contributed by atoms with Gasteiger partial charge in [-0.05, 0) is 18.1 Å². The predicted molar refractivity (Wildman–Crippen MR) is 51.5 cm³/mol. The van der Waals surface area contributed by atoms with Crippen LogP contribution < -0.4 is 0 Å². The lowest BCUT2D eigenvalue weighted by Crippen LogP contribution is -1.82. The first-order valence-electron chi connectivity index (χ1n) is 3.99. The summed E-state index contributed by atoms with van der Waals surface area (Å²) in [5, 5.41) is 9.16. The van der Waals surface area contributed by atoms with E-state index in [1.54, 1.807) is 6.20 Å². The maximum absolute atomic E-state index is 8.67. The molecule has 0 atom stereocenters. The Morgan fingerprint density at radius 1 is 1.62 bits per heavy atom. The molecule has 13 heavy (non-hydrogen) atoms. The van der Waals surface area contributed by atoms with Gasteiger partial charge in [-0.2, -0.15) is 5.26 Å². The van der Waals surface area contributed by atoms with Gasteiger partial charge in [-0.25, -0.2) is 9.97 Å². The molecule has 2 rings (SSSR count). The lowest BCUT2D eigenvalue weighted by Gasteiger charge is -1.94. The molecule has 0 aliphatic carbocycles. The average Bonchev–Trinajstić information content (AvgIpc) is 2.59. The summed E-state index contributed by atoms with van der Waals surface area (Å²) in [4.78, 5) is 8.19. The molecule has 0 bridgehead atoms. The summed E-state index contributed by atoms with van der Waals surface area (Å²) in [6.45, 7) is 2.08. The minimum absolute atomic E-state index is 0.489. The number of hydrogen-bond acceptors (Lipinski definition) is 4. The van der Waals surface area contributed by atoms with Crippen molar-refractivity contribution >= 4 is 21.7 Å². The van der Waals surface area contributed by atoms with E-state index in [0.717, 1.165) is 11.1 Å². The number of aryl methyl sites for hydroxylation is 1. The lowest BCUT2D eigenvalue weighted by atomic mass is 10.2. The largest absolute Gasteiger partial charge is 0.236 e. The first kappa shape index (κ1) is 8.14. The number of thiazole rings is 1. The Labute approximate surface area is 79.7 Å². The molecule has 0 spiro atoms. The van der Waals surface area contributed by atoms with Crippen LogP contribution in [0.4, 0.5) is 0 Å². The molecule has 0 saturated carbocycles. The molecule has 64 valence electrons. The van der Waals surface area contributed by atoms with E-state index in [1.165, 1.54) is 16.9 Å². The van der Waals surface area contributed by atoms with Crippen LogP contribution in [0.15, 0.2) is 12.3 Å². The highest BCUT2D eigenvalue weighted by Gasteiger charge is 2.06. The van der Waals surface area contributed by atoms with E-state index in [0.29, 0.717) is 10.7 Å². The van der Waals surface area contributed by atoms with E-state index in [-0.39, 0.29) is 0 Å². The highest BCUT2D eigenvalue weighted by molar-refractivity contribution is 7.19. The van der Waals surface area contributed by atoms with E-state index in [4.69, 9.17) is 5.26 Å². The zero-order valence-corrected chi connectivity index (χ0v) is 7.93. The standard InChI is InChI=1S/C9H7N3S/c1-2-6-3-4-11-9-8(6)13-7(5-10)12-9/h3-4H,2H2,1H3. The second-order valence-corrected chi connectivity index (χ2v) is 3.61. The van der Waals surface area contributed by atoms with Crippen LogP contribution >= 0.6 is 11.3 Å². The quantitative estimate of drug-likeness (QED) is 0.690. The fraction of sp³-hybridized carbons (Fsp3) is 0.222. The van der Waals surface area contributed by atoms with Gasteiger partial charge in [0.25, 0.3) is 0 Å². The Balaban J connectivity index is 2.76. The van der Waals surface area contributed by atoms with Gasteiger partial charge in [0.05, 0.1) is 4.70 Å². The third kappa shape index (κ3) is 1.27. The second kappa shape index (κ2) is 3.11. The van der Waals surface area contributed by atoms with Crippen LogP contribution in [-0.4, -0.2) is 9.97 Å². The number of nitrogens with zero attached hydrogens (tertiary/aromatic N) is 3. The minimum atomic E-state index is 0.489. The van der Waals surface area contributed by atoms with Crippen LogP contribution in [0, 0.1) is 11.3 Å². The molecule has 0 aromatic carbocycles. The van der Waals surface area contributed by atoms with E-state index < -0.39 is 0 Å². The van der Waals surface area contributed by atoms with Crippen LogP contribution in [0.1, 0.15) is 17.5 Å². The van der Waals surface area contributed by atoms with Crippen molar-refractivity contribution in [1.29, 1.82) is 5.26 Å². The van der Waals surface area contributed by atoms with Crippen LogP contribution in [0.5, 0.6) is 0 Å². The van der Waals surface area contributed by atoms with E-state index in [2.05, 4.69) is 16.9 Å². The Morgan fingerprint density at radius 3 is 3.15 bits per heavy atom. The van der Waals surface area contributed by atoms with Crippen molar-refractivity contribution in [3.05, 3.63) is 22.8 Å². The fourth-order valence-corrected chi connectivity index (χ4v) is 2.11. The van der Waals surface area contributed by atoms with E-state index in [9.17, 15) is 0 Å². The van der Waals surface area contributed by atoms with Crippen LogP contribution in [0.25, 0.3) is 10.3 Å². The molecular weight excluding hydrogens is 182 g/mol. The number of aromatic nitrogens is 2. The topological polar surface area (TPSA) is 49.6 Å². The van der Waals surface area contributed by atoms with Crippen molar-refractivity contribution in [3.8, 4) is 6.07 Å². The van der Waals surface area contributed by atoms with Crippen molar-refractivity contribution in [2.75, 3.05) is 0 Å². The molecular formula is C9H7N3S. The first-order valence-corrected chi connectivity index (χ1v) is 4.81. The Bertz CT molecular complexity index is 481. The van der Waals surface area contributed by atoms with Crippen molar-refractivity contribution in [1.82, 2.24) is 9.97 Å². The highest BCUT2D eigenvalue weighted by atomic mass is 32.1. The fourth-order valence-electron chi connectivity index (χ4n) is 1.21. The van der Waals surface area contributed by atoms with Gasteiger partial charge in [0.1, 0.15) is 6.07 Å². The zero-order valence-electron chi connectivity index (χ0n) is 7.11. The maximum Gasteiger partial charge on any atom is 0.197 e. The van der Waals surface area contributed by atoms with Gasteiger partial charge >= 0.3 is 0 Å². The summed E-state index contributed by atoms with van der Waals surface area (Å²) in [6, 6.07) is 4.01. The Kier molecular flexibility index (Phi) is 1.95. The summed E-state index contributed by atoms with van der Waals surface area (Å²) in [7, 11) is 0. The van der Waals surface area contributed by atoms with E-state index in [1.807, 2.05) is 12.1 Å². The molecule has 4 heteroatoms. The van der Waals surface area contributed by atoms with Gasteiger partial charge in [-0.1, -0.05) is 6.92 Å². The normalized spacial score (nSPS) is 10.2. The molecule has 0 amide bonds. The van der Waals surface area contributed by atoms with Crippen molar-refractivity contribution in [2.45, 2.75) is 13.3 Å². The summed E-state index contributed by atoms with van der Waals surface area (Å²) in [5.41, 5.74) is 1.91. The van der Waals surface area contributed by atoms with Crippen molar-refractivity contribution in [3.63, 3.8) is 0 Å². The van der Waals surface area contributed by atoms with E-state index >= 15 is 0 Å². The van der Waals surface area contributed by atoms with Crippen LogP contribution in [0.3, 0.4) is 0 Å². The molecule has 2 aromatic rings. The van der Waals surface area contributed by atoms with Gasteiger partial charge in [0.15, 0.2) is 10.7 Å². The van der Waals surface area contributed by atoms with Gasteiger partial charge in [-0.15, -0.1) is 11.3 Å². The second-order valence-electron chi connectivity index (χ2n) is 2.61. The third-order valence-electron chi connectivity index (χ3n) is 1.85. The van der Waals surface area contributed by atoms with Gasteiger partial charge < -0.3 is 0 Å². The van der Waals surface area contributed by atoms with Gasteiger partial charge in [0.2, 0.25) is 0 Å². The Hall–Kier alpha value is -1.47. The summed E-state index contributed by atoms with van der Waals surface area (Å²) in [6.07, 6.45) is 2.69. The smallest absolute Gasteiger partial charge is 0.197 e. The van der Waals surface area contributed by atoms with Gasteiger partial charge in [0, 0.05) is 6.20 Å². The summed E-state index contributed by atoms with van der Waals surface area (Å²) >= 11 is 1.41. The first-order chi connectivity index (χ1) is 6.35. The lowest BCUT2D eigenvalue weighted by molar-refractivity contribution is 1.15. The molecule has 0 unspecified atom stereocenters. The number of nitriles is 1. The Morgan fingerprint density at radius 2 is 2.46 bits per heavy atom. The molecule has 2 heterocycles. The summed E-state index contributed by atoms with van der Waals surface area (Å²) < 4.78 is 1.04. The monoisotopic (exact) mass is 189 g/mol. The molecule has 0 fully saturated rings. The third-order valence-corrected chi connectivity index (χ3v) is 2.87. The molecule has 0 radical (unpaired) electrons. The average molecular weight is 189 g/mol. The predicted octanol–water partition coefficient (Wildman–Crippen LogP) is 2.13. The number of rotatable bonds is 1. The molecule has 2 aromatic heterocycles. The number of pyridine rings is 1. The van der Waals surface area contributed by atoms with Crippen molar-refractivity contribution < 1.29 is 0 Å². The number of fused-ring (bicyclic) bond motifs is 1. The van der Waals surface area contributed by atoms with Crippen LogP contribution in [-0.2, 0) is 6.42 Å². The van der Waals surface area contributed by atoms with Crippen LogP contribution in [0.2, 0.25) is 0 Å². The van der Waals surface area contributed by atoms with Gasteiger partial charge in [-0.3, -0.25) is 0 Å². The SMILES string of the molecule is CCc1ccnc2nc(C#N)sc12. The minimum Gasteiger partial charge on any atom is -0.236 e. The number of hydrogen-bond donors (Lipinski definition) is 0. The van der Waals surface area contributed by atoms with Crippen molar-refractivity contribution in [2.24, 2.45) is 0 Å². The maximum atomic E-state index is 8.67. The molecule has 0 N–H and O–H groups in total.